The van der Waals surface area contributed by atoms with Crippen LogP contribution in [0.5, 0.6) is 0 Å². The van der Waals surface area contributed by atoms with E-state index in [1.807, 2.05) is 0 Å². The molecule has 6 atom stereocenters. The zero-order chi connectivity index (χ0) is 21.5. The third kappa shape index (κ3) is 4.27. The van der Waals surface area contributed by atoms with Crippen LogP contribution in [0.3, 0.4) is 0 Å². The van der Waals surface area contributed by atoms with Crippen LogP contribution >= 0.6 is 23.2 Å². The van der Waals surface area contributed by atoms with E-state index < -0.39 is 17.5 Å². The Morgan fingerprint density at radius 2 is 2.03 bits per heavy atom. The number of H-pyrrole nitrogens is 2. The monoisotopic (exact) mass is 458 g/mol. The van der Waals surface area contributed by atoms with E-state index in [0.29, 0.717) is 32.1 Å². The van der Waals surface area contributed by atoms with Gasteiger partial charge in [0.25, 0.3) is 5.56 Å². The van der Waals surface area contributed by atoms with Gasteiger partial charge in [-0.1, -0.05) is 19.8 Å². The number of aromatic nitrogens is 2. The molecular formula is C22H31Cl2FN3O2+. The zero-order valence-corrected chi connectivity index (χ0v) is 18.9. The molecule has 5 nitrogen and oxygen atoms in total. The Kier molecular flexibility index (Phi) is 6.45. The summed E-state index contributed by atoms with van der Waals surface area (Å²) in [6, 6.07) is 1.23. The smallest absolute Gasteiger partial charge is 0.298 e. The van der Waals surface area contributed by atoms with Crippen molar-refractivity contribution in [3.8, 4) is 0 Å². The van der Waals surface area contributed by atoms with E-state index in [1.54, 1.807) is 6.07 Å². The van der Waals surface area contributed by atoms with Gasteiger partial charge in [0, 0.05) is 35.9 Å². The van der Waals surface area contributed by atoms with Gasteiger partial charge >= 0.3 is 0 Å². The molecule has 0 bridgehead atoms. The van der Waals surface area contributed by atoms with Gasteiger partial charge in [-0.05, 0) is 43.9 Å². The van der Waals surface area contributed by atoms with E-state index in [4.69, 9.17) is 23.2 Å². The van der Waals surface area contributed by atoms with Crippen molar-refractivity contribution < 1.29 is 14.3 Å². The maximum atomic E-state index is 15.1. The Hall–Kier alpha value is -1.14. The number of carbonyl (C=O) groups is 1. The molecule has 1 amide bonds. The van der Waals surface area contributed by atoms with Crippen molar-refractivity contribution in [3.63, 3.8) is 0 Å². The van der Waals surface area contributed by atoms with Gasteiger partial charge in [0.15, 0.2) is 0 Å². The topological polar surface area (TPSA) is 76.1 Å². The number of nitrogens with one attached hydrogen (secondary N) is 3. The predicted octanol–water partition coefficient (Wildman–Crippen LogP) is 3.32. The summed E-state index contributed by atoms with van der Waals surface area (Å²) in [5.74, 6) is -0.781. The third-order valence-electron chi connectivity index (χ3n) is 7.64. The van der Waals surface area contributed by atoms with Gasteiger partial charge in [0.1, 0.15) is 6.17 Å². The van der Waals surface area contributed by atoms with E-state index in [0.717, 1.165) is 36.9 Å². The molecule has 0 aliphatic heterocycles. The highest BCUT2D eigenvalue weighted by molar-refractivity contribution is 6.30. The SMILES string of the molecule is CC1([C@H](NC(=O)C2CCc3[nH+][nH]c(=O)cc3C2)C2C(F)CCC(Cl)C2Cl)CCCC1. The number of alkyl halides is 3. The average Bonchev–Trinajstić information content (AvgIpc) is 3.17. The maximum absolute atomic E-state index is 15.1. The molecule has 1 aromatic heterocycles. The minimum atomic E-state index is -1.06. The average molecular weight is 459 g/mol. The van der Waals surface area contributed by atoms with Gasteiger partial charge in [-0.15, -0.1) is 33.4 Å². The van der Waals surface area contributed by atoms with E-state index in [-0.39, 0.29) is 34.2 Å². The second-order valence-electron chi connectivity index (χ2n) is 9.68. The van der Waals surface area contributed by atoms with Crippen LogP contribution in [0.15, 0.2) is 10.9 Å². The molecule has 3 aliphatic rings. The lowest BCUT2D eigenvalue weighted by molar-refractivity contribution is -0.469. The summed E-state index contributed by atoms with van der Waals surface area (Å²) in [7, 11) is 0. The third-order valence-corrected chi connectivity index (χ3v) is 8.85. The van der Waals surface area contributed by atoms with Crippen molar-refractivity contribution >= 4 is 29.1 Å². The van der Waals surface area contributed by atoms with E-state index >= 15 is 4.39 Å². The Morgan fingerprint density at radius 3 is 2.77 bits per heavy atom. The standard InChI is InChI=1S/C22H30Cl2FN3O2/c1-22(8-2-3-9-22)20(18-15(25)6-5-14(23)19(18)24)26-21(30)12-4-7-16-13(10-12)11-17(29)28-27-16/h11-12,14-15,18-20H,2-10H2,1H3,(H,26,30)(H,28,29)/p+1/t12?,14?,15?,18?,19?,20-/m1/s1. The van der Waals surface area contributed by atoms with Crippen LogP contribution in [0.4, 0.5) is 4.39 Å². The predicted molar refractivity (Wildman–Crippen MR) is 115 cm³/mol. The first-order valence-electron chi connectivity index (χ1n) is 11.1. The lowest BCUT2D eigenvalue weighted by Crippen LogP contribution is -2.58. The summed E-state index contributed by atoms with van der Waals surface area (Å²) in [6.45, 7) is 2.16. The van der Waals surface area contributed by atoms with Crippen molar-refractivity contribution in [2.45, 2.75) is 87.7 Å². The fraction of sp³-hybridized carbons (Fsp3) is 0.773. The molecule has 1 heterocycles. The minimum absolute atomic E-state index is 0.0631. The second kappa shape index (κ2) is 8.78. The number of aromatic amines is 2. The Bertz CT molecular complexity index is 842. The molecule has 166 valence electrons. The van der Waals surface area contributed by atoms with E-state index in [1.165, 1.54) is 0 Å². The summed E-state index contributed by atoms with van der Waals surface area (Å²) in [6.07, 6.45) is 5.86. The van der Waals surface area contributed by atoms with Crippen LogP contribution in [0.2, 0.25) is 0 Å². The number of fused-ring (bicyclic) bond motifs is 1. The van der Waals surface area contributed by atoms with Crippen molar-refractivity contribution in [1.82, 2.24) is 10.4 Å². The van der Waals surface area contributed by atoms with Crippen LogP contribution in [-0.2, 0) is 17.6 Å². The minimum Gasteiger partial charge on any atom is -0.352 e. The highest BCUT2D eigenvalue weighted by atomic mass is 35.5. The molecule has 5 unspecified atom stereocenters. The highest BCUT2D eigenvalue weighted by Gasteiger charge is 2.50. The summed E-state index contributed by atoms with van der Waals surface area (Å²) < 4.78 is 15.1. The van der Waals surface area contributed by atoms with Crippen LogP contribution in [-0.4, -0.2) is 34.0 Å². The first-order chi connectivity index (χ1) is 14.3. The first kappa shape index (κ1) is 22.1. The first-order valence-corrected chi connectivity index (χ1v) is 12.0. The molecule has 4 rings (SSSR count). The summed E-state index contributed by atoms with van der Waals surface area (Å²) in [5, 5.41) is 7.98. The van der Waals surface area contributed by atoms with Gasteiger partial charge in [-0.25, -0.2) is 4.39 Å². The molecule has 3 aliphatic carbocycles. The van der Waals surface area contributed by atoms with Crippen LogP contribution in [0.1, 0.15) is 63.1 Å². The van der Waals surface area contributed by atoms with Crippen LogP contribution in [0.25, 0.3) is 0 Å². The summed E-state index contributed by atoms with van der Waals surface area (Å²) >= 11 is 13.1. The maximum Gasteiger partial charge on any atom is 0.298 e. The lowest BCUT2D eigenvalue weighted by atomic mass is 9.68. The van der Waals surface area contributed by atoms with Gasteiger partial charge in [0.05, 0.1) is 10.8 Å². The van der Waals surface area contributed by atoms with E-state index in [9.17, 15) is 9.59 Å². The highest BCUT2D eigenvalue weighted by Crippen LogP contribution is 2.48. The van der Waals surface area contributed by atoms with Crippen LogP contribution in [0, 0.1) is 17.3 Å². The van der Waals surface area contributed by atoms with Crippen LogP contribution < -0.4 is 16.0 Å². The number of hydrogen-bond acceptors (Lipinski definition) is 2. The van der Waals surface area contributed by atoms with Gasteiger partial charge < -0.3 is 5.32 Å². The quantitative estimate of drug-likeness (QED) is 0.678. The molecule has 0 radical (unpaired) electrons. The Morgan fingerprint density at radius 1 is 1.30 bits per heavy atom. The molecule has 1 aromatic rings. The molecule has 0 spiro atoms. The molecule has 3 N–H and O–H groups in total. The Labute approximate surface area is 186 Å². The molecular weight excluding hydrogens is 428 g/mol. The molecule has 30 heavy (non-hydrogen) atoms. The molecule has 0 aromatic carbocycles. The fourth-order valence-electron chi connectivity index (χ4n) is 5.82. The summed E-state index contributed by atoms with van der Waals surface area (Å²) in [4.78, 5) is 25.0. The molecule has 2 fully saturated rings. The van der Waals surface area contributed by atoms with Crippen molar-refractivity contribution in [2.24, 2.45) is 17.3 Å². The van der Waals surface area contributed by atoms with Crippen molar-refractivity contribution in [3.05, 3.63) is 27.7 Å². The second-order valence-corrected chi connectivity index (χ2v) is 10.7. The van der Waals surface area contributed by atoms with Gasteiger partial charge in [-0.2, -0.15) is 0 Å². The van der Waals surface area contributed by atoms with Crippen molar-refractivity contribution in [1.29, 1.82) is 0 Å². The van der Waals surface area contributed by atoms with Gasteiger partial charge in [0.2, 0.25) is 11.6 Å². The number of halogens is 3. The fourth-order valence-corrected chi connectivity index (χ4v) is 6.54. The number of carbonyl (C=O) groups excluding carboxylic acids is 1. The molecule has 0 saturated heterocycles. The summed E-state index contributed by atoms with van der Waals surface area (Å²) in [5.41, 5.74) is 1.47. The number of hydrogen-bond donors (Lipinski definition) is 2. The Balaban J connectivity index is 1.56. The van der Waals surface area contributed by atoms with Gasteiger partial charge in [-0.3, -0.25) is 9.59 Å². The molecule has 8 heteroatoms. The number of aryl methyl sites for hydroxylation is 1. The lowest BCUT2D eigenvalue weighted by Gasteiger charge is -2.46. The molecule has 2 saturated carbocycles. The van der Waals surface area contributed by atoms with E-state index in [2.05, 4.69) is 22.4 Å². The normalized spacial score (nSPS) is 34.2. The van der Waals surface area contributed by atoms with Crippen molar-refractivity contribution in [2.75, 3.05) is 0 Å². The number of rotatable bonds is 4. The zero-order valence-electron chi connectivity index (χ0n) is 17.4. The largest absolute Gasteiger partial charge is 0.352 e. The number of amides is 1.